The number of fused-ring (bicyclic) bond motifs is 2. The Morgan fingerprint density at radius 1 is 1.07 bits per heavy atom. The molecular weight excluding hydrogens is 409 g/mol. The number of hydrogen-bond acceptors (Lipinski definition) is 5. The van der Waals surface area contributed by atoms with Gasteiger partial charge in [0.2, 0.25) is 5.91 Å². The first-order valence-corrected chi connectivity index (χ1v) is 9.79. The Morgan fingerprint density at radius 3 is 2.67 bits per heavy atom. The van der Waals surface area contributed by atoms with E-state index in [4.69, 9.17) is 11.6 Å². The number of carbonyl (C=O) groups is 2. The second kappa shape index (κ2) is 6.88. The molecule has 0 aliphatic carbocycles. The number of benzene rings is 2. The zero-order valence-corrected chi connectivity index (χ0v) is 16.2. The Kier molecular flexibility index (Phi) is 4.55. The molecule has 2 amide bonds. The molecule has 0 aliphatic heterocycles. The molecule has 2 aromatic carbocycles. The molecule has 0 unspecified atom stereocenters. The molecule has 4 rings (SSSR count). The zero-order chi connectivity index (χ0) is 19.1. The van der Waals surface area contributed by atoms with Crippen LogP contribution in [0.25, 0.3) is 20.3 Å². The van der Waals surface area contributed by atoms with Crippen LogP contribution in [-0.4, -0.2) is 16.8 Å². The number of thiazole rings is 1. The highest BCUT2D eigenvalue weighted by Crippen LogP contribution is 2.36. The second-order valence-electron chi connectivity index (χ2n) is 5.72. The van der Waals surface area contributed by atoms with Crippen LogP contribution in [0.15, 0.2) is 36.4 Å². The molecule has 27 heavy (non-hydrogen) atoms. The number of rotatable bonds is 3. The quantitative estimate of drug-likeness (QED) is 0.459. The summed E-state index contributed by atoms with van der Waals surface area (Å²) in [5.74, 6) is -0.941. The van der Waals surface area contributed by atoms with Crippen molar-refractivity contribution in [1.29, 1.82) is 0 Å². The van der Waals surface area contributed by atoms with Crippen LogP contribution < -0.4 is 10.6 Å². The fourth-order valence-corrected chi connectivity index (χ4v) is 4.97. The van der Waals surface area contributed by atoms with Gasteiger partial charge in [-0.25, -0.2) is 9.37 Å². The van der Waals surface area contributed by atoms with Gasteiger partial charge in [0.05, 0.1) is 15.2 Å². The molecule has 2 aromatic heterocycles. The van der Waals surface area contributed by atoms with E-state index in [0.717, 1.165) is 21.6 Å². The molecule has 9 heteroatoms. The minimum absolute atomic E-state index is 0.196. The number of carbonyl (C=O) groups excluding carboxylic acids is 2. The second-order valence-corrected chi connectivity index (χ2v) is 8.18. The van der Waals surface area contributed by atoms with Gasteiger partial charge in [-0.1, -0.05) is 22.9 Å². The summed E-state index contributed by atoms with van der Waals surface area (Å²) in [6.07, 6.45) is 0. The van der Waals surface area contributed by atoms with Crippen molar-refractivity contribution in [3.63, 3.8) is 0 Å². The summed E-state index contributed by atoms with van der Waals surface area (Å²) in [6, 6.07) is 9.49. The van der Waals surface area contributed by atoms with Crippen molar-refractivity contribution >= 4 is 77.2 Å². The molecule has 2 heterocycles. The van der Waals surface area contributed by atoms with E-state index in [0.29, 0.717) is 30.8 Å². The topological polar surface area (TPSA) is 71.1 Å². The van der Waals surface area contributed by atoms with Crippen LogP contribution in [-0.2, 0) is 4.79 Å². The number of hydrogen-bond donors (Lipinski definition) is 2. The Labute approximate surface area is 165 Å². The van der Waals surface area contributed by atoms with Gasteiger partial charge < -0.3 is 10.6 Å². The number of amides is 2. The third kappa shape index (κ3) is 3.51. The highest BCUT2D eigenvalue weighted by Gasteiger charge is 2.18. The van der Waals surface area contributed by atoms with E-state index in [1.165, 1.54) is 30.4 Å². The lowest BCUT2D eigenvalue weighted by molar-refractivity contribution is -0.114. The van der Waals surface area contributed by atoms with Gasteiger partial charge in [0.15, 0.2) is 5.13 Å². The third-order valence-corrected chi connectivity index (χ3v) is 6.32. The van der Waals surface area contributed by atoms with Crippen molar-refractivity contribution in [3.05, 3.63) is 52.1 Å². The maximum atomic E-state index is 13.4. The number of aromatic nitrogens is 1. The molecule has 0 aliphatic rings. The molecule has 0 saturated carbocycles. The smallest absolute Gasteiger partial charge is 0.267 e. The standard InChI is InChI=1S/C18H11ClFN3O2S2/c1-8(24)21-18-23-12-5-3-10(7-14(12)27-18)22-17(25)16-15(19)11-4-2-9(20)6-13(11)26-16/h2-7H,1H3,(H,22,25)(H,21,23,24). The lowest BCUT2D eigenvalue weighted by atomic mass is 10.2. The lowest BCUT2D eigenvalue weighted by Gasteiger charge is -2.03. The van der Waals surface area contributed by atoms with Crippen LogP contribution in [0.2, 0.25) is 5.02 Å². The van der Waals surface area contributed by atoms with Crippen LogP contribution in [0, 0.1) is 5.82 Å². The zero-order valence-electron chi connectivity index (χ0n) is 13.8. The fourth-order valence-electron chi connectivity index (χ4n) is 2.58. The molecule has 5 nitrogen and oxygen atoms in total. The van der Waals surface area contributed by atoms with Crippen molar-refractivity contribution in [3.8, 4) is 0 Å². The lowest BCUT2D eigenvalue weighted by Crippen LogP contribution is -2.10. The van der Waals surface area contributed by atoms with E-state index in [2.05, 4.69) is 15.6 Å². The fraction of sp³-hybridized carbons (Fsp3) is 0.0556. The van der Waals surface area contributed by atoms with E-state index in [1.807, 2.05) is 0 Å². The molecule has 0 atom stereocenters. The Hall–Kier alpha value is -2.55. The number of anilines is 2. The monoisotopic (exact) mass is 419 g/mol. The first-order chi connectivity index (χ1) is 12.9. The number of halogens is 2. The van der Waals surface area contributed by atoms with E-state index >= 15 is 0 Å². The van der Waals surface area contributed by atoms with Crippen LogP contribution in [0.3, 0.4) is 0 Å². The van der Waals surface area contributed by atoms with E-state index in [9.17, 15) is 14.0 Å². The van der Waals surface area contributed by atoms with Crippen molar-refractivity contribution in [1.82, 2.24) is 4.98 Å². The Bertz CT molecular complexity index is 1220. The van der Waals surface area contributed by atoms with Crippen molar-refractivity contribution in [2.75, 3.05) is 10.6 Å². The molecule has 0 spiro atoms. The summed E-state index contributed by atoms with van der Waals surface area (Å²) in [6.45, 7) is 1.42. The minimum Gasteiger partial charge on any atom is -0.321 e. The molecule has 2 N–H and O–H groups in total. The maximum absolute atomic E-state index is 13.4. The SMILES string of the molecule is CC(=O)Nc1nc2ccc(NC(=O)c3sc4cc(F)ccc4c3Cl)cc2s1. The van der Waals surface area contributed by atoms with Gasteiger partial charge in [0.25, 0.3) is 5.91 Å². The van der Waals surface area contributed by atoms with Crippen molar-refractivity contribution in [2.24, 2.45) is 0 Å². The Morgan fingerprint density at radius 2 is 1.89 bits per heavy atom. The summed E-state index contributed by atoms with van der Waals surface area (Å²) in [7, 11) is 0. The van der Waals surface area contributed by atoms with Gasteiger partial charge in [0, 0.05) is 22.7 Å². The number of thiophene rings is 1. The Balaban J connectivity index is 1.62. The molecule has 0 radical (unpaired) electrons. The van der Waals surface area contributed by atoms with E-state index in [-0.39, 0.29) is 17.6 Å². The summed E-state index contributed by atoms with van der Waals surface area (Å²) < 4.78 is 14.8. The maximum Gasteiger partial charge on any atom is 0.267 e. The average Bonchev–Trinajstić information content (AvgIpc) is 3.14. The van der Waals surface area contributed by atoms with Crippen LogP contribution >= 0.6 is 34.3 Å². The highest BCUT2D eigenvalue weighted by molar-refractivity contribution is 7.22. The van der Waals surface area contributed by atoms with Crippen LogP contribution in [0.1, 0.15) is 16.6 Å². The summed E-state index contributed by atoms with van der Waals surface area (Å²) in [4.78, 5) is 28.4. The predicted molar refractivity (Wildman–Crippen MR) is 109 cm³/mol. The van der Waals surface area contributed by atoms with Gasteiger partial charge in [-0.15, -0.1) is 11.3 Å². The van der Waals surface area contributed by atoms with E-state index in [1.54, 1.807) is 24.3 Å². The molecular formula is C18H11ClFN3O2S2. The number of nitrogens with zero attached hydrogens (tertiary/aromatic N) is 1. The third-order valence-electron chi connectivity index (χ3n) is 3.73. The van der Waals surface area contributed by atoms with Crippen LogP contribution in [0.4, 0.5) is 15.2 Å². The first-order valence-electron chi connectivity index (χ1n) is 7.78. The largest absolute Gasteiger partial charge is 0.321 e. The molecule has 4 aromatic rings. The molecule has 0 bridgehead atoms. The van der Waals surface area contributed by atoms with Crippen LogP contribution in [0.5, 0.6) is 0 Å². The number of nitrogens with one attached hydrogen (secondary N) is 2. The summed E-state index contributed by atoms with van der Waals surface area (Å²) >= 11 is 8.75. The van der Waals surface area contributed by atoms with Gasteiger partial charge >= 0.3 is 0 Å². The minimum atomic E-state index is -0.377. The average molecular weight is 420 g/mol. The first kappa shape index (κ1) is 17.8. The van der Waals surface area contributed by atoms with Gasteiger partial charge in [-0.3, -0.25) is 9.59 Å². The highest BCUT2D eigenvalue weighted by atomic mass is 35.5. The van der Waals surface area contributed by atoms with Gasteiger partial charge in [-0.05, 0) is 36.4 Å². The predicted octanol–water partition coefficient (Wildman–Crippen LogP) is 5.51. The van der Waals surface area contributed by atoms with Crippen molar-refractivity contribution < 1.29 is 14.0 Å². The molecule has 0 fully saturated rings. The summed E-state index contributed by atoms with van der Waals surface area (Å²) in [5.41, 5.74) is 1.29. The van der Waals surface area contributed by atoms with Gasteiger partial charge in [0.1, 0.15) is 10.7 Å². The van der Waals surface area contributed by atoms with Gasteiger partial charge in [-0.2, -0.15) is 0 Å². The van der Waals surface area contributed by atoms with E-state index < -0.39 is 0 Å². The van der Waals surface area contributed by atoms with Crippen molar-refractivity contribution in [2.45, 2.75) is 6.92 Å². The normalized spacial score (nSPS) is 11.1. The molecule has 136 valence electrons. The molecule has 0 saturated heterocycles. The summed E-state index contributed by atoms with van der Waals surface area (Å²) in [5, 5.41) is 6.89.